The topological polar surface area (TPSA) is 369 Å². The molecule has 26 heteroatoms. The van der Waals surface area contributed by atoms with Gasteiger partial charge in [-0.25, -0.2) is 43.6 Å². The van der Waals surface area contributed by atoms with E-state index in [0.717, 1.165) is 0 Å². The lowest BCUT2D eigenvalue weighted by Crippen LogP contribution is -2.35. The Labute approximate surface area is 590 Å². The average molecular weight is 1390 g/mol. The van der Waals surface area contributed by atoms with Crippen LogP contribution in [-0.2, 0) is 14.2 Å². The number of carbonyl (C=O) groups is 2. The summed E-state index contributed by atoms with van der Waals surface area (Å²) in [6, 6.07) is 57.8. The second kappa shape index (κ2) is 39.3. The maximum absolute atomic E-state index is 13.1. The number of amides is 1. The summed E-state index contributed by atoms with van der Waals surface area (Å²) < 4.78 is 33.0. The maximum atomic E-state index is 13.1. The fourth-order valence-electron chi connectivity index (χ4n) is 9.43. The standard InChI is InChI=1S/C22H17N3O3.C14H11N3O.C12H11N3O.C8H5NO3.C8H8O3.C8H18O3.C5H6N2/c1-28-18-10-6-7-15(21(18)26)12-13-20-24-17-9-3-2-8-16(17)22(27)25(20)19-11-4-5-14-23-19;1-10-16-12-7-3-2-6-11(12)14(18)17(10)13-8-4-5-9-15-13;13-10-6-2-1-5-9(10)12(16)15-11-7-3-4-8-14-11;10-7-5-3-1-2-4-6(5)9-8(11)12-7;1-11-7-4-2-3-6(5-9)8(7)10;1-5-9-8(4,10-6-2)11-7-3;6-5-2-1-3-7-4-5/h2-14,26H,1H3;2-9H,1H3;1-8H,13H2,(H,14,15,16);1-4H,(H,9,11);2-5,10H,1H3;5-7H2,1-4H3;1-4H,6H2/b13-12+;;;;;;. The minimum absolute atomic E-state index is 0.0220. The van der Waals surface area contributed by atoms with Crippen LogP contribution < -0.4 is 48.8 Å². The summed E-state index contributed by atoms with van der Waals surface area (Å²) in [4.78, 5) is 97.0. The van der Waals surface area contributed by atoms with Crippen LogP contribution >= 0.6 is 0 Å². The number of nitrogens with zero attached hydrogens (tertiary/aromatic N) is 8. The zero-order valence-corrected chi connectivity index (χ0v) is 57.3. The van der Waals surface area contributed by atoms with E-state index in [1.807, 2.05) is 70.2 Å². The Hall–Kier alpha value is -13.3. The molecule has 0 saturated carbocycles. The molecule has 13 aromatic rings. The van der Waals surface area contributed by atoms with E-state index in [9.17, 15) is 39.0 Å². The van der Waals surface area contributed by atoms with E-state index in [1.54, 1.807) is 202 Å². The van der Waals surface area contributed by atoms with Gasteiger partial charge in [-0.2, -0.15) is 0 Å². The molecule has 0 saturated heterocycles. The number of nitrogen functional groups attached to an aromatic ring is 2. The first-order chi connectivity index (χ1) is 49.9. The number of aromatic amines is 1. The van der Waals surface area contributed by atoms with Gasteiger partial charge in [-0.3, -0.25) is 29.1 Å². The molecule has 0 atom stereocenters. The largest absolute Gasteiger partial charge is 0.504 e. The van der Waals surface area contributed by atoms with Crippen LogP contribution in [0.4, 0.5) is 17.2 Å². The Bertz CT molecular complexity index is 5140. The summed E-state index contributed by atoms with van der Waals surface area (Å²) in [6.45, 7) is 11.1. The van der Waals surface area contributed by atoms with Gasteiger partial charge in [-0.05, 0) is 155 Å². The van der Waals surface area contributed by atoms with Crippen molar-refractivity contribution in [3.63, 3.8) is 0 Å². The first kappa shape index (κ1) is 77.1. The van der Waals surface area contributed by atoms with E-state index >= 15 is 0 Å². The molecule has 0 spiro atoms. The highest BCUT2D eigenvalue weighted by atomic mass is 16.9. The van der Waals surface area contributed by atoms with Crippen molar-refractivity contribution >= 4 is 74.2 Å². The van der Waals surface area contributed by atoms with Gasteiger partial charge in [0.05, 0.1) is 63.7 Å². The second-order valence-corrected chi connectivity index (χ2v) is 21.1. The third kappa shape index (κ3) is 22.1. The van der Waals surface area contributed by atoms with Gasteiger partial charge in [0, 0.05) is 69.0 Å². The SMILES string of the molecule is CCOC(C)(OCC)OCC.COc1cccc(/C=C/c2nc3ccccc3c(=O)n2-c2ccccn2)c1O.COc1cccc(C=O)c1O.Cc1nc2ccccc2c(=O)n1-c1ccccn1.Nc1ccccc1C(=O)Nc1ccccn1.Nc1cccnc1.O=c1[nH]c2ccccc2c(=O)o1. The van der Waals surface area contributed by atoms with Crippen LogP contribution in [0.2, 0.25) is 0 Å². The number of nitrogens with two attached hydrogens (primary N) is 2. The molecule has 0 aliphatic rings. The summed E-state index contributed by atoms with van der Waals surface area (Å²) in [5, 5.41) is 23.7. The quantitative estimate of drug-likeness (QED) is 0.0315. The number of aryl methyl sites for hydroxylation is 1. The molecule has 26 nitrogen and oxygen atoms in total. The van der Waals surface area contributed by atoms with Crippen LogP contribution in [0.3, 0.4) is 0 Å². The lowest BCUT2D eigenvalue weighted by molar-refractivity contribution is -0.365. The highest BCUT2D eigenvalue weighted by Gasteiger charge is 2.25. The molecule has 0 radical (unpaired) electrons. The minimum Gasteiger partial charge on any atom is -0.504 e. The third-order valence-corrected chi connectivity index (χ3v) is 14.1. The smallest absolute Gasteiger partial charge is 0.419 e. The first-order valence-corrected chi connectivity index (χ1v) is 31.8. The average Bonchev–Trinajstić information content (AvgIpc) is 0.785. The number of fused-ring (bicyclic) bond motifs is 3. The predicted octanol–water partition coefficient (Wildman–Crippen LogP) is 11.8. The fourth-order valence-corrected chi connectivity index (χ4v) is 9.43. The molecule has 13 rings (SSSR count). The number of aromatic nitrogens is 9. The van der Waals surface area contributed by atoms with Crippen LogP contribution in [0.1, 0.15) is 65.6 Å². The molecule has 0 bridgehead atoms. The van der Waals surface area contributed by atoms with Gasteiger partial charge in [0.25, 0.3) is 23.0 Å². The number of H-pyrrole nitrogens is 1. The van der Waals surface area contributed by atoms with Crippen LogP contribution in [0.25, 0.3) is 56.5 Å². The number of carbonyl (C=O) groups excluding carboxylic acids is 2. The van der Waals surface area contributed by atoms with E-state index < -0.39 is 17.4 Å². The third-order valence-electron chi connectivity index (χ3n) is 14.1. The van der Waals surface area contributed by atoms with Crippen molar-refractivity contribution in [3.8, 4) is 34.6 Å². The Morgan fingerprint density at radius 2 is 1.09 bits per heavy atom. The zero-order valence-electron chi connectivity index (χ0n) is 57.3. The zero-order chi connectivity index (χ0) is 74.1. The van der Waals surface area contributed by atoms with Crippen molar-refractivity contribution in [1.82, 2.24) is 44.0 Å². The minimum atomic E-state index is -0.849. The van der Waals surface area contributed by atoms with Gasteiger partial charge >= 0.3 is 11.4 Å². The van der Waals surface area contributed by atoms with Crippen LogP contribution in [0.5, 0.6) is 23.0 Å². The number of pyridine rings is 4. The number of para-hydroxylation sites is 6. The first-order valence-electron chi connectivity index (χ1n) is 31.8. The van der Waals surface area contributed by atoms with Crippen molar-refractivity contribution < 1.29 is 47.9 Å². The molecule has 0 aliphatic heterocycles. The number of methoxy groups -OCH3 is 2. The molecular formula is C77H76N12O14. The predicted molar refractivity (Wildman–Crippen MR) is 397 cm³/mol. The molecular weight excluding hydrogens is 1320 g/mol. The molecule has 0 unspecified atom stereocenters. The molecule has 8 N–H and O–H groups in total. The maximum Gasteiger partial charge on any atom is 0.419 e. The van der Waals surface area contributed by atoms with Crippen molar-refractivity contribution in [2.24, 2.45) is 0 Å². The molecule has 7 aromatic heterocycles. The number of aldehydes is 1. The number of nitrogens with one attached hydrogen (secondary N) is 2. The van der Waals surface area contributed by atoms with Crippen molar-refractivity contribution in [2.75, 3.05) is 50.8 Å². The number of benzene rings is 6. The van der Waals surface area contributed by atoms with E-state index in [1.165, 1.54) is 29.4 Å². The van der Waals surface area contributed by atoms with Gasteiger partial charge in [0.15, 0.2) is 29.3 Å². The monoisotopic (exact) mass is 1390 g/mol. The highest BCUT2D eigenvalue weighted by Crippen LogP contribution is 2.31. The van der Waals surface area contributed by atoms with E-state index in [2.05, 4.69) is 44.6 Å². The Morgan fingerprint density at radius 3 is 1.61 bits per heavy atom. The van der Waals surface area contributed by atoms with Gasteiger partial charge in [0.1, 0.15) is 29.1 Å². The normalized spacial score (nSPS) is 10.5. The number of hydrogen-bond donors (Lipinski definition) is 6. The summed E-state index contributed by atoms with van der Waals surface area (Å²) >= 11 is 0. The van der Waals surface area contributed by atoms with E-state index in [-0.39, 0.29) is 34.1 Å². The van der Waals surface area contributed by atoms with Gasteiger partial charge in [0.2, 0.25) is 0 Å². The molecule has 528 valence electrons. The van der Waals surface area contributed by atoms with Crippen molar-refractivity contribution in [2.45, 2.75) is 40.6 Å². The highest BCUT2D eigenvalue weighted by molar-refractivity contribution is 6.07. The van der Waals surface area contributed by atoms with E-state index in [4.69, 9.17) is 35.2 Å². The second-order valence-electron chi connectivity index (χ2n) is 21.1. The number of anilines is 3. The summed E-state index contributed by atoms with van der Waals surface area (Å²) in [7, 11) is 2.93. The number of aromatic hydroxyl groups is 2. The molecule has 0 aliphatic carbocycles. The molecule has 1 amide bonds. The van der Waals surface area contributed by atoms with Crippen molar-refractivity contribution in [1.29, 1.82) is 0 Å². The Kier molecular flexibility index (Phi) is 29.4. The summed E-state index contributed by atoms with van der Waals surface area (Å²) in [5.74, 6) is 1.40. The van der Waals surface area contributed by atoms with E-state index in [0.29, 0.717) is 122 Å². The van der Waals surface area contributed by atoms with Crippen molar-refractivity contribution in [3.05, 3.63) is 301 Å². The Balaban J connectivity index is 0.000000175. The lowest BCUT2D eigenvalue weighted by atomic mass is 10.1. The molecule has 7 heterocycles. The van der Waals surface area contributed by atoms with Gasteiger partial charge < -0.3 is 55.1 Å². The lowest BCUT2D eigenvalue weighted by Gasteiger charge is -2.27. The van der Waals surface area contributed by atoms with Gasteiger partial charge in [-0.15, -0.1) is 0 Å². The number of rotatable bonds is 15. The molecule has 103 heavy (non-hydrogen) atoms. The number of ether oxygens (including phenoxy) is 5. The van der Waals surface area contributed by atoms with Crippen LogP contribution in [0, 0.1) is 6.92 Å². The van der Waals surface area contributed by atoms with Gasteiger partial charge in [-0.1, -0.05) is 84.9 Å². The number of hydrogen-bond acceptors (Lipinski definition) is 22. The summed E-state index contributed by atoms with van der Waals surface area (Å²) in [5.41, 5.74) is 14.3. The summed E-state index contributed by atoms with van der Waals surface area (Å²) in [6.07, 6.45) is 12.2. The van der Waals surface area contributed by atoms with Crippen LogP contribution in [-0.4, -0.2) is 106 Å². The molecule has 0 fully saturated rings. The Morgan fingerprint density at radius 1 is 0.573 bits per heavy atom. The fraction of sp³-hybridized carbons (Fsp3) is 0.143. The number of phenols is 2. The molecule has 6 aromatic carbocycles. The number of phenolic OH excluding ortho intramolecular Hbond substituents is 2. The van der Waals surface area contributed by atoms with Crippen LogP contribution in [0.15, 0.2) is 255 Å².